The van der Waals surface area contributed by atoms with Gasteiger partial charge < -0.3 is 9.47 Å². The van der Waals surface area contributed by atoms with Crippen molar-refractivity contribution in [3.05, 3.63) is 28.8 Å². The van der Waals surface area contributed by atoms with Gasteiger partial charge in [0.1, 0.15) is 19.3 Å². The predicted octanol–water partition coefficient (Wildman–Crippen LogP) is 4.03. The summed E-state index contributed by atoms with van der Waals surface area (Å²) in [4.78, 5) is 12.8. The second-order valence-corrected chi connectivity index (χ2v) is 8.15. The number of Topliss-reactive ketones (excluding diaryl/α,β-unsaturated/α-hetero) is 1. The molecule has 0 aromatic heterocycles. The van der Waals surface area contributed by atoms with Gasteiger partial charge in [0.2, 0.25) is 0 Å². The third-order valence-electron chi connectivity index (χ3n) is 4.68. The number of rotatable bonds is 1. The van der Waals surface area contributed by atoms with Crippen LogP contribution < -0.4 is 9.47 Å². The van der Waals surface area contributed by atoms with Crippen molar-refractivity contribution < 1.29 is 14.3 Å². The van der Waals surface area contributed by atoms with Gasteiger partial charge in [-0.15, -0.1) is 0 Å². The lowest BCUT2D eigenvalue weighted by Gasteiger charge is -2.23. The maximum Gasteiger partial charge on any atom is 0.178 e. The second-order valence-electron chi connectivity index (χ2n) is 8.15. The van der Waals surface area contributed by atoms with Crippen LogP contribution in [0.4, 0.5) is 0 Å². The molecule has 24 heavy (non-hydrogen) atoms. The molecule has 4 nitrogen and oxygen atoms in total. The number of nitriles is 1. The van der Waals surface area contributed by atoms with E-state index in [0.717, 1.165) is 22.4 Å². The van der Waals surface area contributed by atoms with Crippen molar-refractivity contribution in [1.29, 1.82) is 5.26 Å². The molecule has 0 radical (unpaired) electrons. The number of ketones is 1. The summed E-state index contributed by atoms with van der Waals surface area (Å²) in [6.45, 7) is 10.9. The highest BCUT2D eigenvalue weighted by molar-refractivity contribution is 6.09. The van der Waals surface area contributed by atoms with Crippen LogP contribution in [0.25, 0.3) is 5.57 Å². The van der Waals surface area contributed by atoms with Gasteiger partial charge >= 0.3 is 0 Å². The number of benzene rings is 1. The van der Waals surface area contributed by atoms with Crippen LogP contribution in [-0.4, -0.2) is 19.0 Å². The molecular weight excluding hydrogens is 302 g/mol. The first-order valence-corrected chi connectivity index (χ1v) is 8.28. The van der Waals surface area contributed by atoms with Gasteiger partial charge in [-0.3, -0.25) is 4.79 Å². The Labute approximate surface area is 143 Å². The average Bonchev–Trinajstić information content (AvgIpc) is 2.76. The van der Waals surface area contributed by atoms with Crippen LogP contribution >= 0.6 is 0 Å². The molecule has 1 aliphatic heterocycles. The SMILES string of the molecule is CC(C)(C)C(=O)/C(C#N)=C1\CC(C)(C)c2cc3c(cc21)OCCO3. The zero-order valence-electron chi connectivity index (χ0n) is 14.9. The van der Waals surface area contributed by atoms with E-state index in [-0.39, 0.29) is 16.8 Å². The Morgan fingerprint density at radius 3 is 2.29 bits per heavy atom. The molecule has 0 unspecified atom stereocenters. The number of ether oxygens (including phenoxy) is 2. The van der Waals surface area contributed by atoms with Crippen molar-refractivity contribution in [2.24, 2.45) is 5.41 Å². The highest BCUT2D eigenvalue weighted by Gasteiger charge is 2.39. The lowest BCUT2D eigenvalue weighted by Crippen LogP contribution is -2.22. The number of hydrogen-bond acceptors (Lipinski definition) is 4. The van der Waals surface area contributed by atoms with E-state index in [4.69, 9.17) is 9.47 Å². The highest BCUT2D eigenvalue weighted by atomic mass is 16.6. The van der Waals surface area contributed by atoms with Gasteiger partial charge in [0.05, 0.1) is 5.57 Å². The Balaban J connectivity index is 2.23. The average molecular weight is 325 g/mol. The zero-order chi connectivity index (χ0) is 17.7. The largest absolute Gasteiger partial charge is 0.486 e. The van der Waals surface area contributed by atoms with E-state index in [0.29, 0.717) is 25.4 Å². The van der Waals surface area contributed by atoms with Crippen LogP contribution in [0.2, 0.25) is 0 Å². The first kappa shape index (κ1) is 16.6. The molecule has 3 rings (SSSR count). The molecule has 0 fully saturated rings. The highest BCUT2D eigenvalue weighted by Crippen LogP contribution is 2.51. The fourth-order valence-corrected chi connectivity index (χ4v) is 3.38. The van der Waals surface area contributed by atoms with Crippen molar-refractivity contribution >= 4 is 11.4 Å². The fraction of sp³-hybridized carbons (Fsp3) is 0.500. The number of carbonyl (C=O) groups is 1. The Kier molecular flexibility index (Phi) is 3.71. The van der Waals surface area contributed by atoms with Gasteiger partial charge in [-0.25, -0.2) is 0 Å². The van der Waals surface area contributed by atoms with Gasteiger partial charge in [-0.05, 0) is 40.7 Å². The Hall–Kier alpha value is -2.28. The Bertz CT molecular complexity index is 788. The summed E-state index contributed by atoms with van der Waals surface area (Å²) in [5.41, 5.74) is 2.41. The minimum Gasteiger partial charge on any atom is -0.486 e. The van der Waals surface area contributed by atoms with Crippen molar-refractivity contribution in [1.82, 2.24) is 0 Å². The van der Waals surface area contributed by atoms with Crippen LogP contribution in [0, 0.1) is 16.7 Å². The molecule has 1 aromatic carbocycles. The molecule has 1 aliphatic carbocycles. The first-order chi connectivity index (χ1) is 11.1. The minimum absolute atomic E-state index is 0.112. The Morgan fingerprint density at radius 2 is 1.75 bits per heavy atom. The standard InChI is InChI=1S/C20H23NO3/c1-19(2,3)18(22)14(11-21)13-10-20(4,5)15-9-17-16(8-12(13)15)23-6-7-24-17/h8-9H,6-7,10H2,1-5H3/b14-13+. The number of hydrogen-bond donors (Lipinski definition) is 0. The van der Waals surface area contributed by atoms with E-state index >= 15 is 0 Å². The van der Waals surface area contributed by atoms with Crippen LogP contribution in [0.5, 0.6) is 11.5 Å². The van der Waals surface area contributed by atoms with E-state index in [1.807, 2.05) is 32.9 Å². The quantitative estimate of drug-likeness (QED) is 0.578. The third kappa shape index (κ3) is 2.58. The smallest absolute Gasteiger partial charge is 0.178 e. The summed E-state index contributed by atoms with van der Waals surface area (Å²) < 4.78 is 11.4. The molecule has 126 valence electrons. The summed E-state index contributed by atoms with van der Waals surface area (Å²) in [6.07, 6.45) is 0.663. The van der Waals surface area contributed by atoms with E-state index < -0.39 is 5.41 Å². The fourth-order valence-electron chi connectivity index (χ4n) is 3.38. The number of fused-ring (bicyclic) bond motifs is 2. The van der Waals surface area contributed by atoms with E-state index in [2.05, 4.69) is 19.9 Å². The first-order valence-electron chi connectivity index (χ1n) is 8.28. The van der Waals surface area contributed by atoms with Gasteiger partial charge in [-0.1, -0.05) is 34.6 Å². The lowest BCUT2D eigenvalue weighted by atomic mass is 9.83. The molecule has 4 heteroatoms. The molecule has 0 spiro atoms. The maximum absolute atomic E-state index is 12.8. The van der Waals surface area contributed by atoms with Crippen molar-refractivity contribution in [3.63, 3.8) is 0 Å². The number of allylic oxidation sites excluding steroid dienone is 2. The van der Waals surface area contributed by atoms with Crippen molar-refractivity contribution in [2.45, 2.75) is 46.5 Å². The summed E-state index contributed by atoms with van der Waals surface area (Å²) >= 11 is 0. The molecule has 0 atom stereocenters. The van der Waals surface area contributed by atoms with Crippen LogP contribution in [0.15, 0.2) is 17.7 Å². The van der Waals surface area contributed by atoms with E-state index in [1.54, 1.807) is 0 Å². The number of nitrogens with zero attached hydrogens (tertiary/aromatic N) is 1. The maximum atomic E-state index is 12.8. The molecule has 1 aromatic rings. The van der Waals surface area contributed by atoms with Gasteiger partial charge in [0.15, 0.2) is 17.3 Å². The summed E-state index contributed by atoms with van der Waals surface area (Å²) in [6, 6.07) is 6.11. The molecular formula is C20H23NO3. The monoisotopic (exact) mass is 325 g/mol. The Morgan fingerprint density at radius 1 is 1.17 bits per heavy atom. The van der Waals surface area contributed by atoms with Gasteiger partial charge in [0.25, 0.3) is 0 Å². The zero-order valence-corrected chi connectivity index (χ0v) is 14.9. The molecule has 2 aliphatic rings. The predicted molar refractivity (Wildman–Crippen MR) is 92.1 cm³/mol. The number of carbonyl (C=O) groups excluding carboxylic acids is 1. The minimum atomic E-state index is -0.585. The van der Waals surface area contributed by atoms with E-state index in [9.17, 15) is 10.1 Å². The lowest BCUT2D eigenvalue weighted by molar-refractivity contribution is -0.122. The molecule has 0 N–H and O–H groups in total. The molecule has 0 bridgehead atoms. The normalized spacial score (nSPS) is 20.2. The van der Waals surface area contributed by atoms with Crippen LogP contribution in [0.3, 0.4) is 0 Å². The van der Waals surface area contributed by atoms with Gasteiger partial charge in [-0.2, -0.15) is 5.26 Å². The summed E-state index contributed by atoms with van der Waals surface area (Å²) in [5.74, 6) is 1.32. The second kappa shape index (κ2) is 5.37. The molecule has 1 heterocycles. The van der Waals surface area contributed by atoms with Crippen molar-refractivity contribution in [3.8, 4) is 17.6 Å². The van der Waals surface area contributed by atoms with Crippen LogP contribution in [-0.2, 0) is 10.2 Å². The van der Waals surface area contributed by atoms with Crippen molar-refractivity contribution in [2.75, 3.05) is 13.2 Å². The third-order valence-corrected chi connectivity index (χ3v) is 4.68. The summed E-state index contributed by atoms with van der Waals surface area (Å²) in [5, 5.41) is 9.67. The van der Waals surface area contributed by atoms with Crippen LogP contribution in [0.1, 0.15) is 52.2 Å². The molecule has 0 amide bonds. The topological polar surface area (TPSA) is 59.3 Å². The summed E-state index contributed by atoms with van der Waals surface area (Å²) in [7, 11) is 0. The molecule has 0 saturated heterocycles. The van der Waals surface area contributed by atoms with E-state index in [1.165, 1.54) is 0 Å². The molecule has 0 saturated carbocycles. The van der Waals surface area contributed by atoms with Gasteiger partial charge in [0, 0.05) is 5.41 Å².